The van der Waals surface area contributed by atoms with E-state index in [1.807, 2.05) is 6.07 Å². The molecule has 5 rings (SSSR count). The SMILES string of the molecule is COc1ccc2c(c1OC)=CN1CCc3cc4c(cc3C1C=2)OCO4. The second-order valence-electron chi connectivity index (χ2n) is 6.44. The fraction of sp³-hybridized carbons (Fsp3) is 0.300. The Bertz CT molecular complexity index is 982. The summed E-state index contributed by atoms with van der Waals surface area (Å²) < 4.78 is 22.1. The summed E-state index contributed by atoms with van der Waals surface area (Å²) in [6.45, 7) is 1.26. The molecular formula is C20H19NO4. The molecule has 128 valence electrons. The Morgan fingerprint density at radius 1 is 1.08 bits per heavy atom. The molecule has 0 radical (unpaired) electrons. The lowest BCUT2D eigenvalue weighted by molar-refractivity contribution is 0.174. The molecule has 0 spiro atoms. The van der Waals surface area contributed by atoms with E-state index in [1.165, 1.54) is 11.1 Å². The van der Waals surface area contributed by atoms with Gasteiger partial charge in [-0.15, -0.1) is 0 Å². The molecule has 2 aromatic rings. The standard InChI is InChI=1S/C20H19NO4/c1-22-17-4-3-12-7-16-14-9-19-18(24-11-25-19)8-13(14)5-6-21(16)10-15(12)20(17)23-2/h3-4,7-10,16H,5-6,11H2,1-2H3. The number of benzene rings is 2. The molecule has 0 aliphatic carbocycles. The maximum absolute atomic E-state index is 5.60. The van der Waals surface area contributed by atoms with Crippen LogP contribution in [0.25, 0.3) is 12.3 Å². The maximum atomic E-state index is 5.60. The highest BCUT2D eigenvalue weighted by molar-refractivity contribution is 5.59. The molecule has 0 saturated heterocycles. The van der Waals surface area contributed by atoms with Crippen molar-refractivity contribution in [1.29, 1.82) is 0 Å². The van der Waals surface area contributed by atoms with Gasteiger partial charge in [0, 0.05) is 18.0 Å². The van der Waals surface area contributed by atoms with Crippen LogP contribution in [0.15, 0.2) is 24.3 Å². The average Bonchev–Trinajstić information content (AvgIpc) is 3.11. The summed E-state index contributed by atoms with van der Waals surface area (Å²) >= 11 is 0. The largest absolute Gasteiger partial charge is 0.493 e. The first-order chi connectivity index (χ1) is 12.3. The molecule has 3 aliphatic heterocycles. The predicted octanol–water partition coefficient (Wildman–Crippen LogP) is 1.56. The third-order valence-electron chi connectivity index (χ3n) is 5.20. The van der Waals surface area contributed by atoms with Gasteiger partial charge >= 0.3 is 0 Å². The Hall–Kier alpha value is -2.82. The van der Waals surface area contributed by atoms with Gasteiger partial charge < -0.3 is 23.8 Å². The van der Waals surface area contributed by atoms with Gasteiger partial charge in [0.2, 0.25) is 6.79 Å². The van der Waals surface area contributed by atoms with Gasteiger partial charge in [0.25, 0.3) is 0 Å². The van der Waals surface area contributed by atoms with Gasteiger partial charge in [0.1, 0.15) is 0 Å². The first kappa shape index (κ1) is 14.5. The van der Waals surface area contributed by atoms with Crippen LogP contribution in [-0.4, -0.2) is 32.5 Å². The predicted molar refractivity (Wildman–Crippen MR) is 93.4 cm³/mol. The highest BCUT2D eigenvalue weighted by Crippen LogP contribution is 2.41. The minimum atomic E-state index is 0.198. The zero-order chi connectivity index (χ0) is 17.0. The molecule has 1 unspecified atom stereocenters. The summed E-state index contributed by atoms with van der Waals surface area (Å²) in [5.41, 5.74) is 2.62. The summed E-state index contributed by atoms with van der Waals surface area (Å²) in [7, 11) is 3.35. The van der Waals surface area contributed by atoms with E-state index in [2.05, 4.69) is 35.4 Å². The minimum absolute atomic E-state index is 0.198. The molecule has 0 amide bonds. The lowest BCUT2D eigenvalue weighted by atomic mass is 9.90. The van der Waals surface area contributed by atoms with Crippen molar-refractivity contribution in [3.05, 3.63) is 45.8 Å². The monoisotopic (exact) mass is 337 g/mol. The second kappa shape index (κ2) is 5.34. The number of hydrogen-bond donors (Lipinski definition) is 0. The molecule has 0 bridgehead atoms. The normalized spacial score (nSPS) is 19.1. The molecule has 3 heterocycles. The number of ether oxygens (including phenoxy) is 4. The summed E-state index contributed by atoms with van der Waals surface area (Å²) in [6.07, 6.45) is 5.46. The molecule has 2 aromatic carbocycles. The molecule has 5 nitrogen and oxygen atoms in total. The van der Waals surface area contributed by atoms with Crippen LogP contribution >= 0.6 is 0 Å². The van der Waals surface area contributed by atoms with Crippen LogP contribution in [0.4, 0.5) is 0 Å². The van der Waals surface area contributed by atoms with Gasteiger partial charge in [-0.3, -0.25) is 0 Å². The van der Waals surface area contributed by atoms with Crippen LogP contribution in [0.3, 0.4) is 0 Å². The lowest BCUT2D eigenvalue weighted by Gasteiger charge is -2.37. The number of rotatable bonds is 2. The quantitative estimate of drug-likeness (QED) is 0.832. The van der Waals surface area contributed by atoms with Crippen molar-refractivity contribution in [3.8, 4) is 23.0 Å². The van der Waals surface area contributed by atoms with Gasteiger partial charge in [-0.05, 0) is 47.0 Å². The van der Waals surface area contributed by atoms with Crippen molar-refractivity contribution in [1.82, 2.24) is 4.90 Å². The highest BCUT2D eigenvalue weighted by Gasteiger charge is 2.29. The Balaban J connectivity index is 1.69. The molecule has 0 aromatic heterocycles. The molecule has 25 heavy (non-hydrogen) atoms. The number of methoxy groups -OCH3 is 2. The van der Waals surface area contributed by atoms with Crippen molar-refractivity contribution in [3.63, 3.8) is 0 Å². The lowest BCUT2D eigenvalue weighted by Crippen LogP contribution is -2.41. The van der Waals surface area contributed by atoms with Gasteiger partial charge in [-0.1, -0.05) is 6.07 Å². The smallest absolute Gasteiger partial charge is 0.231 e. The Kier molecular flexibility index (Phi) is 3.10. The van der Waals surface area contributed by atoms with Gasteiger partial charge in [-0.2, -0.15) is 0 Å². The number of hydrogen-bond acceptors (Lipinski definition) is 5. The van der Waals surface area contributed by atoms with Crippen molar-refractivity contribution in [2.45, 2.75) is 12.5 Å². The van der Waals surface area contributed by atoms with Crippen LogP contribution in [0.2, 0.25) is 0 Å². The van der Waals surface area contributed by atoms with Crippen LogP contribution in [0.1, 0.15) is 17.2 Å². The second-order valence-corrected chi connectivity index (χ2v) is 6.44. The van der Waals surface area contributed by atoms with E-state index in [0.29, 0.717) is 6.79 Å². The van der Waals surface area contributed by atoms with Crippen LogP contribution in [0.5, 0.6) is 23.0 Å². The molecule has 1 atom stereocenters. The van der Waals surface area contributed by atoms with Crippen molar-refractivity contribution in [2.24, 2.45) is 0 Å². The zero-order valence-corrected chi connectivity index (χ0v) is 14.2. The Morgan fingerprint density at radius 2 is 1.92 bits per heavy atom. The molecule has 0 N–H and O–H groups in total. The topological polar surface area (TPSA) is 40.2 Å². The minimum Gasteiger partial charge on any atom is -0.493 e. The first-order valence-corrected chi connectivity index (χ1v) is 8.41. The molecule has 0 fully saturated rings. The van der Waals surface area contributed by atoms with Gasteiger partial charge in [0.15, 0.2) is 23.0 Å². The van der Waals surface area contributed by atoms with Crippen molar-refractivity contribution in [2.75, 3.05) is 27.6 Å². The average molecular weight is 337 g/mol. The van der Waals surface area contributed by atoms with E-state index in [4.69, 9.17) is 18.9 Å². The van der Waals surface area contributed by atoms with E-state index < -0.39 is 0 Å². The Labute approximate surface area is 145 Å². The van der Waals surface area contributed by atoms with Gasteiger partial charge in [-0.25, -0.2) is 0 Å². The van der Waals surface area contributed by atoms with E-state index in [-0.39, 0.29) is 6.04 Å². The molecule has 3 aliphatic rings. The fourth-order valence-electron chi connectivity index (χ4n) is 3.97. The van der Waals surface area contributed by atoms with Crippen LogP contribution in [0, 0.1) is 0 Å². The van der Waals surface area contributed by atoms with Crippen molar-refractivity contribution >= 4 is 12.3 Å². The van der Waals surface area contributed by atoms with E-state index in [0.717, 1.165) is 46.4 Å². The fourth-order valence-corrected chi connectivity index (χ4v) is 3.97. The highest BCUT2D eigenvalue weighted by atomic mass is 16.7. The first-order valence-electron chi connectivity index (χ1n) is 8.41. The third kappa shape index (κ3) is 2.08. The summed E-state index contributed by atoms with van der Waals surface area (Å²) in [4.78, 5) is 2.36. The molecule has 5 heteroatoms. The zero-order valence-electron chi connectivity index (χ0n) is 14.2. The maximum Gasteiger partial charge on any atom is 0.231 e. The molecular weight excluding hydrogens is 318 g/mol. The summed E-state index contributed by atoms with van der Waals surface area (Å²) in [5.74, 6) is 3.24. The van der Waals surface area contributed by atoms with Crippen molar-refractivity contribution < 1.29 is 18.9 Å². The Morgan fingerprint density at radius 3 is 2.72 bits per heavy atom. The van der Waals surface area contributed by atoms with E-state index in [9.17, 15) is 0 Å². The summed E-state index contributed by atoms with van der Waals surface area (Å²) in [6, 6.07) is 8.51. The van der Waals surface area contributed by atoms with E-state index in [1.54, 1.807) is 14.2 Å². The number of fused-ring (bicyclic) bond motifs is 5. The number of nitrogens with zero attached hydrogens (tertiary/aromatic N) is 1. The van der Waals surface area contributed by atoms with E-state index >= 15 is 0 Å². The van der Waals surface area contributed by atoms with Gasteiger partial charge in [0.05, 0.1) is 20.3 Å². The van der Waals surface area contributed by atoms with Crippen LogP contribution < -0.4 is 29.4 Å². The third-order valence-corrected chi connectivity index (χ3v) is 5.20. The summed E-state index contributed by atoms with van der Waals surface area (Å²) in [5, 5.41) is 2.23. The van der Waals surface area contributed by atoms with Crippen LogP contribution in [-0.2, 0) is 6.42 Å². The molecule has 0 saturated carbocycles.